The molecule has 9 heteroatoms. The highest BCUT2D eigenvalue weighted by molar-refractivity contribution is 6.30. The van der Waals surface area contributed by atoms with E-state index >= 15 is 0 Å². The smallest absolute Gasteiger partial charge is 0.247 e. The molecule has 35 heavy (non-hydrogen) atoms. The molecule has 8 nitrogen and oxygen atoms in total. The van der Waals surface area contributed by atoms with Gasteiger partial charge in [-0.2, -0.15) is 5.10 Å². The number of halogens is 1. The van der Waals surface area contributed by atoms with Gasteiger partial charge in [-0.25, -0.2) is 9.67 Å². The maximum atomic E-state index is 13.3. The van der Waals surface area contributed by atoms with Crippen LogP contribution in [-0.4, -0.2) is 41.8 Å². The van der Waals surface area contributed by atoms with Gasteiger partial charge in [0.1, 0.15) is 0 Å². The van der Waals surface area contributed by atoms with E-state index in [0.717, 1.165) is 46.3 Å². The maximum absolute atomic E-state index is 13.3. The summed E-state index contributed by atoms with van der Waals surface area (Å²) in [5, 5.41) is 14.5. The number of hydrogen-bond acceptors (Lipinski definition) is 6. The minimum absolute atomic E-state index is 0.0931. The minimum atomic E-state index is 0.0931. The second-order valence-corrected chi connectivity index (χ2v) is 9.92. The molecule has 1 saturated carbocycles. The number of carbonyl (C=O) groups excluding carboxylic acids is 1. The van der Waals surface area contributed by atoms with E-state index < -0.39 is 0 Å². The molecule has 0 unspecified atom stereocenters. The maximum Gasteiger partial charge on any atom is 0.247 e. The van der Waals surface area contributed by atoms with E-state index in [9.17, 15) is 4.79 Å². The zero-order valence-corrected chi connectivity index (χ0v) is 21.2. The lowest BCUT2D eigenvalue weighted by Crippen LogP contribution is -2.33. The summed E-state index contributed by atoms with van der Waals surface area (Å²) in [6.45, 7) is 8.62. The molecule has 0 radical (unpaired) electrons. The van der Waals surface area contributed by atoms with Gasteiger partial charge in [0, 0.05) is 40.2 Å². The van der Waals surface area contributed by atoms with Gasteiger partial charge in [-0.15, -0.1) is 10.2 Å². The van der Waals surface area contributed by atoms with E-state index in [1.807, 2.05) is 34.8 Å². The predicted octanol–water partition coefficient (Wildman–Crippen LogP) is 5.46. The molecule has 5 rings (SSSR count). The second-order valence-electron chi connectivity index (χ2n) is 9.48. The molecular formula is C26H29ClN6O2. The van der Waals surface area contributed by atoms with Crippen LogP contribution < -0.4 is 0 Å². The van der Waals surface area contributed by atoms with E-state index in [1.54, 1.807) is 12.1 Å². The van der Waals surface area contributed by atoms with Crippen molar-refractivity contribution in [2.75, 3.05) is 0 Å². The SMILES string of the molecule is Cc1nc2c(cnn2C(C)C)c(C)c1CCC(=O)N(Cc1nnc(-c2ccc(Cl)cc2)o1)C1CC1. The highest BCUT2D eigenvalue weighted by Crippen LogP contribution is 2.31. The summed E-state index contributed by atoms with van der Waals surface area (Å²) in [6, 6.07) is 7.72. The van der Waals surface area contributed by atoms with Crippen molar-refractivity contribution >= 4 is 28.5 Å². The van der Waals surface area contributed by atoms with Crippen LogP contribution in [0.25, 0.3) is 22.5 Å². The number of aromatic nitrogens is 5. The molecule has 1 aromatic carbocycles. The van der Waals surface area contributed by atoms with Gasteiger partial charge in [0.25, 0.3) is 0 Å². The number of aryl methyl sites for hydroxylation is 2. The molecule has 0 saturated heterocycles. The minimum Gasteiger partial charge on any atom is -0.419 e. The summed E-state index contributed by atoms with van der Waals surface area (Å²) in [5.41, 5.74) is 4.92. The molecule has 3 heterocycles. The third kappa shape index (κ3) is 4.80. The van der Waals surface area contributed by atoms with Crippen molar-refractivity contribution < 1.29 is 9.21 Å². The predicted molar refractivity (Wildman–Crippen MR) is 134 cm³/mol. The van der Waals surface area contributed by atoms with Gasteiger partial charge in [-0.05, 0) is 82.3 Å². The van der Waals surface area contributed by atoms with Crippen molar-refractivity contribution in [1.29, 1.82) is 0 Å². The van der Waals surface area contributed by atoms with E-state index in [4.69, 9.17) is 21.0 Å². The van der Waals surface area contributed by atoms with Gasteiger partial charge in [-0.1, -0.05) is 11.6 Å². The Bertz CT molecular complexity index is 1370. The van der Waals surface area contributed by atoms with Crippen LogP contribution in [0.3, 0.4) is 0 Å². The van der Waals surface area contributed by atoms with Crippen molar-refractivity contribution in [3.05, 3.63) is 58.2 Å². The van der Waals surface area contributed by atoms with Gasteiger partial charge in [-0.3, -0.25) is 4.79 Å². The number of nitrogens with zero attached hydrogens (tertiary/aromatic N) is 6. The molecule has 0 spiro atoms. The first-order chi connectivity index (χ1) is 16.8. The summed E-state index contributed by atoms with van der Waals surface area (Å²) >= 11 is 5.97. The van der Waals surface area contributed by atoms with Crippen LogP contribution in [0, 0.1) is 13.8 Å². The lowest BCUT2D eigenvalue weighted by Gasteiger charge is -2.21. The van der Waals surface area contributed by atoms with Gasteiger partial charge in [0.2, 0.25) is 17.7 Å². The average Bonchev–Trinajstić information content (AvgIpc) is 3.40. The first-order valence-electron chi connectivity index (χ1n) is 12.0. The quantitative estimate of drug-likeness (QED) is 0.324. The van der Waals surface area contributed by atoms with Crippen LogP contribution >= 0.6 is 11.6 Å². The molecule has 4 aromatic rings. The zero-order chi connectivity index (χ0) is 24.7. The molecule has 1 amide bonds. The fraction of sp³-hybridized carbons (Fsp3) is 0.423. The number of carbonyl (C=O) groups is 1. The van der Waals surface area contributed by atoms with Crippen molar-refractivity contribution in [3.63, 3.8) is 0 Å². The van der Waals surface area contributed by atoms with E-state index in [1.165, 1.54) is 0 Å². The monoisotopic (exact) mass is 492 g/mol. The summed E-state index contributed by atoms with van der Waals surface area (Å²) in [5.74, 6) is 0.953. The van der Waals surface area contributed by atoms with Crippen molar-refractivity contribution in [3.8, 4) is 11.5 Å². The molecule has 0 atom stereocenters. The Balaban J connectivity index is 1.30. The Morgan fingerprint density at radius 2 is 1.94 bits per heavy atom. The Kier molecular flexibility index (Phi) is 6.32. The number of benzene rings is 1. The van der Waals surface area contributed by atoms with E-state index in [-0.39, 0.29) is 18.0 Å². The molecule has 0 bridgehead atoms. The topological polar surface area (TPSA) is 89.9 Å². The highest BCUT2D eigenvalue weighted by atomic mass is 35.5. The number of amides is 1. The van der Waals surface area contributed by atoms with Crippen molar-refractivity contribution in [2.45, 2.75) is 72.0 Å². The summed E-state index contributed by atoms with van der Waals surface area (Å²) < 4.78 is 7.81. The van der Waals surface area contributed by atoms with Crippen LogP contribution in [0.5, 0.6) is 0 Å². The van der Waals surface area contributed by atoms with Gasteiger partial charge >= 0.3 is 0 Å². The standard InChI is InChI=1S/C26H29ClN6O2/c1-15(2)33-25-22(13-28-33)16(3)21(17(4)29-25)11-12-24(34)32(20-9-10-20)14-23-30-31-26(35-23)18-5-7-19(27)8-6-18/h5-8,13,15,20H,9-12,14H2,1-4H3. The van der Waals surface area contributed by atoms with E-state index in [0.29, 0.717) is 36.2 Å². The fourth-order valence-corrected chi connectivity index (χ4v) is 4.62. The average molecular weight is 493 g/mol. The third-order valence-corrected chi connectivity index (χ3v) is 6.84. The second kappa shape index (κ2) is 9.41. The first kappa shape index (κ1) is 23.5. The van der Waals surface area contributed by atoms with Crippen molar-refractivity contribution in [1.82, 2.24) is 29.9 Å². The van der Waals surface area contributed by atoms with Crippen LogP contribution in [-0.2, 0) is 17.8 Å². The van der Waals surface area contributed by atoms with Crippen molar-refractivity contribution in [2.24, 2.45) is 0 Å². The van der Waals surface area contributed by atoms with Crippen LogP contribution in [0.15, 0.2) is 34.9 Å². The van der Waals surface area contributed by atoms with Gasteiger partial charge in [0.15, 0.2) is 5.65 Å². The Morgan fingerprint density at radius 1 is 1.20 bits per heavy atom. The number of fused-ring (bicyclic) bond motifs is 1. The molecule has 0 N–H and O–H groups in total. The molecular weight excluding hydrogens is 464 g/mol. The molecule has 182 valence electrons. The molecule has 1 aliphatic rings. The molecule has 0 aliphatic heterocycles. The third-order valence-electron chi connectivity index (χ3n) is 6.59. The van der Waals surface area contributed by atoms with Gasteiger partial charge < -0.3 is 9.32 Å². The van der Waals surface area contributed by atoms with Crippen LogP contribution in [0.1, 0.15) is 61.9 Å². The Labute approximate surface area is 209 Å². The van der Waals surface area contributed by atoms with Gasteiger partial charge in [0.05, 0.1) is 12.7 Å². The summed E-state index contributed by atoms with van der Waals surface area (Å²) in [6.07, 6.45) is 4.93. The lowest BCUT2D eigenvalue weighted by atomic mass is 10.00. The zero-order valence-electron chi connectivity index (χ0n) is 20.5. The Morgan fingerprint density at radius 3 is 2.63 bits per heavy atom. The van der Waals surface area contributed by atoms with E-state index in [2.05, 4.69) is 36.1 Å². The molecule has 1 aliphatic carbocycles. The summed E-state index contributed by atoms with van der Waals surface area (Å²) in [4.78, 5) is 20.0. The molecule has 1 fully saturated rings. The Hall–Kier alpha value is -3.26. The lowest BCUT2D eigenvalue weighted by molar-refractivity contribution is -0.132. The highest BCUT2D eigenvalue weighted by Gasteiger charge is 2.33. The van der Waals surface area contributed by atoms with Crippen LogP contribution in [0.4, 0.5) is 0 Å². The number of hydrogen-bond donors (Lipinski definition) is 0. The first-order valence-corrected chi connectivity index (χ1v) is 12.4. The van der Waals surface area contributed by atoms with Crippen LogP contribution in [0.2, 0.25) is 5.02 Å². The summed E-state index contributed by atoms with van der Waals surface area (Å²) in [7, 11) is 0. The molecule has 3 aromatic heterocycles. The number of pyridine rings is 1. The fourth-order valence-electron chi connectivity index (χ4n) is 4.49. The largest absolute Gasteiger partial charge is 0.419 e. The number of rotatable bonds is 8. The normalized spacial score (nSPS) is 13.7.